The fraction of sp³-hybridized carbons (Fsp3) is 0.333. The second kappa shape index (κ2) is 5.31. The van der Waals surface area contributed by atoms with Gasteiger partial charge in [0.2, 0.25) is 0 Å². The molecule has 0 saturated heterocycles. The van der Waals surface area contributed by atoms with E-state index in [2.05, 4.69) is 33.0 Å². The van der Waals surface area contributed by atoms with Gasteiger partial charge in [-0.1, -0.05) is 18.5 Å². The van der Waals surface area contributed by atoms with E-state index in [1.165, 1.54) is 0 Å². The highest BCUT2D eigenvalue weighted by atomic mass is 79.9. The van der Waals surface area contributed by atoms with Crippen LogP contribution in [0.3, 0.4) is 0 Å². The Bertz CT molecular complexity index is 510. The normalized spacial score (nSPS) is 10.7. The maximum absolute atomic E-state index is 5.72. The Balaban J connectivity index is 2.21. The maximum Gasteiger partial charge on any atom is 0.257 e. The molecule has 2 rings (SSSR count). The monoisotopic (exact) mass is 295 g/mol. The molecule has 4 nitrogen and oxygen atoms in total. The Hall–Kier alpha value is -1.36. The highest BCUT2D eigenvalue weighted by molar-refractivity contribution is 9.10. The summed E-state index contributed by atoms with van der Waals surface area (Å²) < 4.78 is 6.06. The first-order valence-electron chi connectivity index (χ1n) is 5.58. The smallest absolute Gasteiger partial charge is 0.257 e. The third-order valence-electron chi connectivity index (χ3n) is 2.47. The van der Waals surface area contributed by atoms with Crippen LogP contribution in [0.25, 0.3) is 11.5 Å². The Morgan fingerprint density at radius 1 is 1.41 bits per heavy atom. The van der Waals surface area contributed by atoms with Crippen LogP contribution in [0.2, 0.25) is 0 Å². The van der Waals surface area contributed by atoms with Crippen LogP contribution in [0.4, 0.5) is 5.69 Å². The molecule has 0 radical (unpaired) electrons. The van der Waals surface area contributed by atoms with Crippen molar-refractivity contribution < 1.29 is 4.52 Å². The molecule has 0 amide bonds. The first-order chi connectivity index (χ1) is 8.20. The largest absolute Gasteiger partial charge is 0.398 e. The lowest BCUT2D eigenvalue weighted by Gasteiger charge is -1.99. The number of benzene rings is 1. The molecule has 5 heteroatoms. The van der Waals surface area contributed by atoms with Gasteiger partial charge < -0.3 is 10.3 Å². The van der Waals surface area contributed by atoms with E-state index in [9.17, 15) is 0 Å². The molecule has 17 heavy (non-hydrogen) atoms. The third-order valence-corrected chi connectivity index (χ3v) is 3.16. The molecule has 0 aliphatic rings. The predicted molar refractivity (Wildman–Crippen MR) is 70.5 cm³/mol. The molecule has 90 valence electrons. The number of rotatable bonds is 4. The van der Waals surface area contributed by atoms with Crippen molar-refractivity contribution in [2.24, 2.45) is 0 Å². The predicted octanol–water partition coefficient (Wildman–Crippen LogP) is 3.42. The van der Waals surface area contributed by atoms with Gasteiger partial charge in [-0.2, -0.15) is 4.98 Å². The number of hydrogen-bond donors (Lipinski definition) is 1. The van der Waals surface area contributed by atoms with Crippen molar-refractivity contribution in [3.63, 3.8) is 0 Å². The Morgan fingerprint density at radius 2 is 2.24 bits per heavy atom. The molecule has 0 fully saturated rings. The van der Waals surface area contributed by atoms with Crippen molar-refractivity contribution in [3.05, 3.63) is 28.5 Å². The van der Waals surface area contributed by atoms with Crippen molar-refractivity contribution in [2.45, 2.75) is 26.2 Å². The van der Waals surface area contributed by atoms with Crippen LogP contribution in [-0.4, -0.2) is 10.1 Å². The molecule has 1 aromatic carbocycles. The Labute approximate surface area is 108 Å². The van der Waals surface area contributed by atoms with E-state index in [4.69, 9.17) is 10.3 Å². The molecule has 0 unspecified atom stereocenters. The summed E-state index contributed by atoms with van der Waals surface area (Å²) in [5.41, 5.74) is 7.29. The summed E-state index contributed by atoms with van der Waals surface area (Å²) in [6.07, 6.45) is 3.05. The topological polar surface area (TPSA) is 64.9 Å². The van der Waals surface area contributed by atoms with Crippen LogP contribution in [-0.2, 0) is 6.42 Å². The maximum atomic E-state index is 5.72. The van der Waals surface area contributed by atoms with Gasteiger partial charge in [0.25, 0.3) is 5.89 Å². The van der Waals surface area contributed by atoms with E-state index >= 15 is 0 Å². The highest BCUT2D eigenvalue weighted by Crippen LogP contribution is 2.26. The second-order valence-electron chi connectivity index (χ2n) is 3.86. The van der Waals surface area contributed by atoms with Crippen molar-refractivity contribution >= 4 is 21.6 Å². The van der Waals surface area contributed by atoms with Gasteiger partial charge >= 0.3 is 0 Å². The molecule has 0 atom stereocenters. The standard InChI is InChI=1S/C12H14BrN3O/c1-2-3-4-11-15-12(17-16-11)8-5-6-10(14)9(13)7-8/h5-7H,2-4,14H2,1H3. The van der Waals surface area contributed by atoms with Crippen molar-refractivity contribution in [1.29, 1.82) is 0 Å². The van der Waals surface area contributed by atoms with Crippen LogP contribution in [0, 0.1) is 0 Å². The third kappa shape index (κ3) is 2.85. The number of unbranched alkanes of at least 4 members (excludes halogenated alkanes) is 1. The fourth-order valence-electron chi connectivity index (χ4n) is 1.47. The SMILES string of the molecule is CCCCc1noc(-c2ccc(N)c(Br)c2)n1. The fourth-order valence-corrected chi connectivity index (χ4v) is 1.85. The number of nitrogens with two attached hydrogens (primary N) is 1. The van der Waals surface area contributed by atoms with Gasteiger partial charge in [0.1, 0.15) is 0 Å². The Morgan fingerprint density at radius 3 is 2.94 bits per heavy atom. The minimum atomic E-state index is 0.539. The number of aromatic nitrogens is 2. The summed E-state index contributed by atoms with van der Waals surface area (Å²) in [5.74, 6) is 1.30. The molecule has 0 spiro atoms. The minimum Gasteiger partial charge on any atom is -0.398 e. The van der Waals surface area contributed by atoms with E-state index in [0.717, 1.165) is 35.1 Å². The Kier molecular flexibility index (Phi) is 3.78. The second-order valence-corrected chi connectivity index (χ2v) is 4.71. The zero-order valence-corrected chi connectivity index (χ0v) is 11.2. The summed E-state index contributed by atoms with van der Waals surface area (Å²) in [4.78, 5) is 4.35. The summed E-state index contributed by atoms with van der Waals surface area (Å²) in [6, 6.07) is 5.57. The lowest BCUT2D eigenvalue weighted by atomic mass is 10.2. The van der Waals surface area contributed by atoms with Gasteiger partial charge in [0.15, 0.2) is 5.82 Å². The molecule has 0 aliphatic carbocycles. The van der Waals surface area contributed by atoms with E-state index < -0.39 is 0 Å². The number of aryl methyl sites for hydroxylation is 1. The lowest BCUT2D eigenvalue weighted by molar-refractivity contribution is 0.421. The van der Waals surface area contributed by atoms with Crippen molar-refractivity contribution in [3.8, 4) is 11.5 Å². The molecule has 2 aromatic rings. The van der Waals surface area contributed by atoms with E-state index in [0.29, 0.717) is 11.6 Å². The van der Waals surface area contributed by atoms with Crippen LogP contribution >= 0.6 is 15.9 Å². The number of nitrogens with zero attached hydrogens (tertiary/aromatic N) is 2. The van der Waals surface area contributed by atoms with E-state index in [-0.39, 0.29) is 0 Å². The molecule has 1 heterocycles. The average molecular weight is 296 g/mol. The molecule has 0 bridgehead atoms. The molecule has 0 saturated carbocycles. The molecular formula is C12H14BrN3O. The summed E-state index contributed by atoms with van der Waals surface area (Å²) in [7, 11) is 0. The quantitative estimate of drug-likeness (QED) is 0.878. The summed E-state index contributed by atoms with van der Waals surface area (Å²) in [5, 5.41) is 3.95. The van der Waals surface area contributed by atoms with Gasteiger partial charge in [-0.05, 0) is 40.5 Å². The number of halogens is 1. The van der Waals surface area contributed by atoms with Gasteiger partial charge in [-0.3, -0.25) is 0 Å². The van der Waals surface area contributed by atoms with Gasteiger partial charge in [0.05, 0.1) is 0 Å². The van der Waals surface area contributed by atoms with Crippen LogP contribution in [0.1, 0.15) is 25.6 Å². The highest BCUT2D eigenvalue weighted by Gasteiger charge is 2.09. The summed E-state index contributed by atoms with van der Waals surface area (Å²) in [6.45, 7) is 2.14. The number of hydrogen-bond acceptors (Lipinski definition) is 4. The van der Waals surface area contributed by atoms with Gasteiger partial charge in [-0.25, -0.2) is 0 Å². The van der Waals surface area contributed by atoms with E-state index in [1.807, 2.05) is 18.2 Å². The average Bonchev–Trinajstić information content (AvgIpc) is 2.79. The lowest BCUT2D eigenvalue weighted by Crippen LogP contribution is -1.88. The van der Waals surface area contributed by atoms with E-state index in [1.54, 1.807) is 0 Å². The molecular weight excluding hydrogens is 282 g/mol. The molecule has 1 aromatic heterocycles. The van der Waals surface area contributed by atoms with Gasteiger partial charge in [0, 0.05) is 22.1 Å². The first kappa shape index (κ1) is 12.1. The van der Waals surface area contributed by atoms with Crippen LogP contribution < -0.4 is 5.73 Å². The zero-order valence-electron chi connectivity index (χ0n) is 9.61. The van der Waals surface area contributed by atoms with Gasteiger partial charge in [-0.15, -0.1) is 0 Å². The number of anilines is 1. The van der Waals surface area contributed by atoms with Crippen molar-refractivity contribution in [1.82, 2.24) is 10.1 Å². The minimum absolute atomic E-state index is 0.539. The first-order valence-corrected chi connectivity index (χ1v) is 6.38. The molecule has 0 aliphatic heterocycles. The van der Waals surface area contributed by atoms with Crippen LogP contribution in [0.15, 0.2) is 27.2 Å². The van der Waals surface area contributed by atoms with Crippen LogP contribution in [0.5, 0.6) is 0 Å². The van der Waals surface area contributed by atoms with Crippen molar-refractivity contribution in [2.75, 3.05) is 5.73 Å². The zero-order chi connectivity index (χ0) is 12.3. The molecule has 2 N–H and O–H groups in total. The summed E-state index contributed by atoms with van der Waals surface area (Å²) >= 11 is 3.38. The number of nitrogen functional groups attached to an aromatic ring is 1.